The predicted octanol–water partition coefficient (Wildman–Crippen LogP) is 1.12. The highest BCUT2D eigenvalue weighted by Crippen LogP contribution is 2.32. The number of aliphatic hydroxyl groups excluding tert-OH is 1. The number of hydrogen-bond donors (Lipinski definition) is 1. The van der Waals surface area contributed by atoms with E-state index in [0.717, 1.165) is 6.42 Å². The molecular formula is C8H13IO3. The Morgan fingerprint density at radius 3 is 2.75 bits per heavy atom. The lowest BCUT2D eigenvalue weighted by Crippen LogP contribution is -2.15. The maximum atomic E-state index is 11.2. The molecule has 0 bridgehead atoms. The van der Waals surface area contributed by atoms with Crippen LogP contribution in [0.4, 0.5) is 0 Å². The van der Waals surface area contributed by atoms with E-state index in [4.69, 9.17) is 4.74 Å². The summed E-state index contributed by atoms with van der Waals surface area (Å²) in [6, 6.07) is 0. The molecule has 1 aliphatic carbocycles. The van der Waals surface area contributed by atoms with Gasteiger partial charge < -0.3 is 9.84 Å². The summed E-state index contributed by atoms with van der Waals surface area (Å²) in [7, 11) is 0. The third kappa shape index (κ3) is 2.32. The lowest BCUT2D eigenvalue weighted by Gasteiger charge is -2.06. The van der Waals surface area contributed by atoms with Crippen LogP contribution >= 0.6 is 22.6 Å². The molecule has 12 heavy (non-hydrogen) atoms. The predicted molar refractivity (Wildman–Crippen MR) is 53.2 cm³/mol. The van der Waals surface area contributed by atoms with Crippen molar-refractivity contribution < 1.29 is 14.6 Å². The Morgan fingerprint density at radius 2 is 2.33 bits per heavy atom. The number of halogens is 1. The van der Waals surface area contributed by atoms with Crippen LogP contribution in [0.1, 0.15) is 19.8 Å². The molecule has 0 amide bonds. The number of aliphatic hydroxyl groups is 1. The Bertz CT molecular complexity index is 162. The summed E-state index contributed by atoms with van der Waals surface area (Å²) in [5.41, 5.74) is 0. The SMILES string of the molecule is CCOC(=O)C1CC(O)C(I)C1. The molecule has 1 aliphatic rings. The molecule has 1 saturated carbocycles. The third-order valence-electron chi connectivity index (χ3n) is 2.07. The number of carbonyl (C=O) groups excluding carboxylic acids is 1. The molecule has 3 unspecified atom stereocenters. The highest BCUT2D eigenvalue weighted by molar-refractivity contribution is 14.1. The minimum Gasteiger partial charge on any atom is -0.466 e. The molecule has 1 rings (SSSR count). The van der Waals surface area contributed by atoms with E-state index in [-0.39, 0.29) is 21.9 Å². The van der Waals surface area contributed by atoms with Crippen LogP contribution in [0.2, 0.25) is 0 Å². The maximum absolute atomic E-state index is 11.2. The first-order valence-corrected chi connectivity index (χ1v) is 5.38. The Hall–Kier alpha value is 0.160. The fourth-order valence-corrected chi connectivity index (χ4v) is 2.32. The van der Waals surface area contributed by atoms with E-state index >= 15 is 0 Å². The molecular weight excluding hydrogens is 271 g/mol. The average Bonchev–Trinajstić information content (AvgIpc) is 2.33. The van der Waals surface area contributed by atoms with Gasteiger partial charge in [0.2, 0.25) is 0 Å². The monoisotopic (exact) mass is 284 g/mol. The molecule has 70 valence electrons. The quantitative estimate of drug-likeness (QED) is 0.469. The van der Waals surface area contributed by atoms with Gasteiger partial charge >= 0.3 is 5.97 Å². The Labute approximate surface area is 85.6 Å². The number of alkyl halides is 1. The van der Waals surface area contributed by atoms with Crippen molar-refractivity contribution in [2.24, 2.45) is 5.92 Å². The van der Waals surface area contributed by atoms with Crippen LogP contribution < -0.4 is 0 Å². The van der Waals surface area contributed by atoms with Crippen molar-refractivity contribution in [2.75, 3.05) is 6.61 Å². The van der Waals surface area contributed by atoms with Gasteiger partial charge in [0.25, 0.3) is 0 Å². The number of carbonyl (C=O) groups is 1. The summed E-state index contributed by atoms with van der Waals surface area (Å²) >= 11 is 2.18. The summed E-state index contributed by atoms with van der Waals surface area (Å²) in [6.07, 6.45) is 0.979. The van der Waals surface area contributed by atoms with Crippen molar-refractivity contribution in [1.82, 2.24) is 0 Å². The lowest BCUT2D eigenvalue weighted by atomic mass is 10.1. The fraction of sp³-hybridized carbons (Fsp3) is 0.875. The van der Waals surface area contributed by atoms with Crippen LogP contribution in [0, 0.1) is 5.92 Å². The van der Waals surface area contributed by atoms with E-state index in [9.17, 15) is 9.90 Å². The summed E-state index contributed by atoms with van der Waals surface area (Å²) in [4.78, 5) is 11.2. The van der Waals surface area contributed by atoms with E-state index < -0.39 is 0 Å². The number of hydrogen-bond acceptors (Lipinski definition) is 3. The van der Waals surface area contributed by atoms with Crippen LogP contribution in [-0.4, -0.2) is 27.7 Å². The third-order valence-corrected chi connectivity index (χ3v) is 3.41. The Morgan fingerprint density at radius 1 is 1.67 bits per heavy atom. The van der Waals surface area contributed by atoms with Crippen molar-refractivity contribution in [3.63, 3.8) is 0 Å². The number of esters is 1. The molecule has 0 heterocycles. The first kappa shape index (κ1) is 10.2. The number of rotatable bonds is 2. The molecule has 0 aliphatic heterocycles. The summed E-state index contributed by atoms with van der Waals surface area (Å²) in [5, 5.41) is 9.37. The first-order valence-electron chi connectivity index (χ1n) is 4.14. The molecule has 1 fully saturated rings. The first-order chi connectivity index (χ1) is 5.65. The number of ether oxygens (including phenoxy) is 1. The van der Waals surface area contributed by atoms with Gasteiger partial charge in [-0.05, 0) is 19.8 Å². The lowest BCUT2D eigenvalue weighted by molar-refractivity contribution is -0.148. The average molecular weight is 284 g/mol. The van der Waals surface area contributed by atoms with Gasteiger partial charge in [-0.3, -0.25) is 4.79 Å². The van der Waals surface area contributed by atoms with Gasteiger partial charge in [0.15, 0.2) is 0 Å². The molecule has 3 atom stereocenters. The smallest absolute Gasteiger partial charge is 0.309 e. The van der Waals surface area contributed by atoms with Crippen LogP contribution in [-0.2, 0) is 9.53 Å². The second kappa shape index (κ2) is 4.41. The van der Waals surface area contributed by atoms with Gasteiger partial charge in [0, 0.05) is 3.92 Å². The van der Waals surface area contributed by atoms with Crippen molar-refractivity contribution in [2.45, 2.75) is 29.8 Å². The second-order valence-corrected chi connectivity index (χ2v) is 4.60. The largest absolute Gasteiger partial charge is 0.466 e. The van der Waals surface area contributed by atoms with Gasteiger partial charge in [-0.25, -0.2) is 0 Å². The highest BCUT2D eigenvalue weighted by atomic mass is 127. The highest BCUT2D eigenvalue weighted by Gasteiger charge is 2.35. The zero-order valence-corrected chi connectivity index (χ0v) is 9.15. The van der Waals surface area contributed by atoms with E-state index in [2.05, 4.69) is 22.6 Å². The zero-order valence-electron chi connectivity index (χ0n) is 7.00. The summed E-state index contributed by atoms with van der Waals surface area (Å²) in [6.45, 7) is 2.22. The second-order valence-electron chi connectivity index (χ2n) is 3.00. The van der Waals surface area contributed by atoms with E-state index in [1.54, 1.807) is 6.92 Å². The summed E-state index contributed by atoms with van der Waals surface area (Å²) in [5.74, 6) is -0.238. The van der Waals surface area contributed by atoms with Crippen LogP contribution in [0.5, 0.6) is 0 Å². The van der Waals surface area contributed by atoms with Crippen molar-refractivity contribution in [3.05, 3.63) is 0 Å². The topological polar surface area (TPSA) is 46.5 Å². The fourth-order valence-electron chi connectivity index (χ4n) is 1.42. The van der Waals surface area contributed by atoms with Crippen LogP contribution in [0.15, 0.2) is 0 Å². The molecule has 0 aromatic carbocycles. The van der Waals surface area contributed by atoms with Crippen molar-refractivity contribution >= 4 is 28.6 Å². The minimum atomic E-state index is -0.333. The molecule has 0 spiro atoms. The molecule has 4 heteroatoms. The normalized spacial score (nSPS) is 35.1. The van der Waals surface area contributed by atoms with Gasteiger partial charge in [-0.1, -0.05) is 22.6 Å². The van der Waals surface area contributed by atoms with Gasteiger partial charge in [-0.15, -0.1) is 0 Å². The zero-order chi connectivity index (χ0) is 9.14. The minimum absolute atomic E-state index is 0.0816. The van der Waals surface area contributed by atoms with Crippen molar-refractivity contribution in [3.8, 4) is 0 Å². The standard InChI is InChI=1S/C8H13IO3/c1-2-12-8(11)5-3-6(9)7(10)4-5/h5-7,10H,2-4H2,1H3. The molecule has 0 saturated heterocycles. The maximum Gasteiger partial charge on any atom is 0.309 e. The van der Waals surface area contributed by atoms with E-state index in [1.165, 1.54) is 0 Å². The van der Waals surface area contributed by atoms with E-state index in [0.29, 0.717) is 13.0 Å². The van der Waals surface area contributed by atoms with Crippen molar-refractivity contribution in [1.29, 1.82) is 0 Å². The van der Waals surface area contributed by atoms with Gasteiger partial charge in [-0.2, -0.15) is 0 Å². The summed E-state index contributed by atoms with van der Waals surface area (Å²) < 4.78 is 5.07. The van der Waals surface area contributed by atoms with Crippen LogP contribution in [0.25, 0.3) is 0 Å². The molecule has 0 aromatic heterocycles. The molecule has 0 radical (unpaired) electrons. The van der Waals surface area contributed by atoms with Gasteiger partial charge in [0.1, 0.15) is 0 Å². The molecule has 1 N–H and O–H groups in total. The molecule has 0 aromatic rings. The van der Waals surface area contributed by atoms with Gasteiger partial charge in [0.05, 0.1) is 18.6 Å². The Balaban J connectivity index is 2.40. The van der Waals surface area contributed by atoms with Crippen LogP contribution in [0.3, 0.4) is 0 Å². The van der Waals surface area contributed by atoms with E-state index in [1.807, 2.05) is 0 Å². The molecule has 3 nitrogen and oxygen atoms in total. The Kier molecular flexibility index (Phi) is 3.77.